The topological polar surface area (TPSA) is 88.6 Å². The molecule has 7 heteroatoms. The Kier molecular flexibility index (Phi) is 4.79. The van der Waals surface area contributed by atoms with E-state index in [-0.39, 0.29) is 18.1 Å². The van der Waals surface area contributed by atoms with Gasteiger partial charge in [0, 0.05) is 11.1 Å². The van der Waals surface area contributed by atoms with Crippen LogP contribution in [0.4, 0.5) is 0 Å². The van der Waals surface area contributed by atoms with Gasteiger partial charge in [-0.3, -0.25) is 9.89 Å². The first-order valence-electron chi connectivity index (χ1n) is 8.31. The van der Waals surface area contributed by atoms with E-state index in [1.54, 1.807) is 13.0 Å². The van der Waals surface area contributed by atoms with E-state index in [9.17, 15) is 4.79 Å². The van der Waals surface area contributed by atoms with E-state index in [0.717, 1.165) is 22.8 Å². The van der Waals surface area contributed by atoms with Crippen LogP contribution >= 0.6 is 0 Å². The first-order chi connectivity index (χ1) is 12.3. The van der Waals surface area contributed by atoms with Crippen molar-refractivity contribution in [2.24, 2.45) is 5.10 Å². The molecule has 1 aliphatic heterocycles. The highest BCUT2D eigenvalue weighted by Gasteiger charge is 2.19. The highest BCUT2D eigenvalue weighted by molar-refractivity contribution is 5.98. The van der Waals surface area contributed by atoms with Gasteiger partial charge < -0.3 is 9.47 Å². The number of hydrogen-bond donors (Lipinski definition) is 2. The molecule has 2 N–H and O–H groups in total. The first-order valence-corrected chi connectivity index (χ1v) is 8.31. The van der Waals surface area contributed by atoms with E-state index in [1.165, 1.54) is 0 Å². The first kappa shape index (κ1) is 17.7. The second-order valence-corrected chi connectivity index (χ2v) is 7.06. The Labute approximate surface area is 152 Å². The zero-order chi connectivity index (χ0) is 18.7. The van der Waals surface area contributed by atoms with E-state index in [0.29, 0.717) is 11.4 Å². The number of aromatic nitrogens is 2. The lowest BCUT2D eigenvalue weighted by atomic mass is 9.92. The minimum absolute atomic E-state index is 0.0991. The number of rotatable bonds is 4. The summed E-state index contributed by atoms with van der Waals surface area (Å²) in [5.41, 5.74) is 5.23. The fraction of sp³-hybridized carbons (Fsp3) is 0.316. The summed E-state index contributed by atoms with van der Waals surface area (Å²) in [5, 5.41) is 11.0. The largest absolute Gasteiger partial charge is 0.454 e. The lowest BCUT2D eigenvalue weighted by Crippen LogP contribution is -2.19. The summed E-state index contributed by atoms with van der Waals surface area (Å²) in [6, 6.07) is 7.42. The lowest BCUT2D eigenvalue weighted by molar-refractivity contribution is 0.0950. The molecule has 26 heavy (non-hydrogen) atoms. The fourth-order valence-corrected chi connectivity index (χ4v) is 2.29. The van der Waals surface area contributed by atoms with Gasteiger partial charge in [-0.15, -0.1) is 0 Å². The van der Waals surface area contributed by atoms with E-state index >= 15 is 0 Å². The van der Waals surface area contributed by atoms with Crippen LogP contribution < -0.4 is 14.9 Å². The number of ether oxygens (including phenoxy) is 2. The number of aromatic amines is 1. The number of hydrazone groups is 1. The number of amides is 1. The predicted molar refractivity (Wildman–Crippen MR) is 99.5 cm³/mol. The Hall–Kier alpha value is -3.09. The molecule has 0 saturated carbocycles. The molecule has 0 fully saturated rings. The van der Waals surface area contributed by atoms with Gasteiger partial charge in [0.05, 0.1) is 5.71 Å². The SMILES string of the molecule is CC(/C=C/c1ccc2c(c1)OCO2)=NNC(=O)c1cc(C(C)(C)C)[nH]n1. The summed E-state index contributed by atoms with van der Waals surface area (Å²) in [6.07, 6.45) is 3.70. The molecule has 2 aromatic rings. The third-order valence-corrected chi connectivity index (χ3v) is 3.87. The van der Waals surface area contributed by atoms with Crippen LogP contribution in [-0.4, -0.2) is 28.6 Å². The number of benzene rings is 1. The molecule has 1 aliphatic rings. The number of hydrogen-bond acceptors (Lipinski definition) is 5. The van der Waals surface area contributed by atoms with Crippen molar-refractivity contribution < 1.29 is 14.3 Å². The van der Waals surface area contributed by atoms with Crippen LogP contribution in [0.2, 0.25) is 0 Å². The number of allylic oxidation sites excluding steroid dienone is 1. The molecule has 0 bridgehead atoms. The number of carbonyl (C=O) groups is 1. The van der Waals surface area contributed by atoms with Crippen LogP contribution in [0, 0.1) is 0 Å². The molecule has 0 spiro atoms. The van der Waals surface area contributed by atoms with Gasteiger partial charge in [0.1, 0.15) is 0 Å². The summed E-state index contributed by atoms with van der Waals surface area (Å²) >= 11 is 0. The Morgan fingerprint density at radius 1 is 1.27 bits per heavy atom. The summed E-state index contributed by atoms with van der Waals surface area (Å²) in [7, 11) is 0. The third kappa shape index (κ3) is 4.11. The standard InChI is InChI=1S/C19H22N4O3/c1-12(5-6-13-7-8-15-16(9-13)26-11-25-15)20-23-18(24)14-10-17(22-21-14)19(2,3)4/h5-10H,11H2,1-4H3,(H,21,22)(H,23,24)/b6-5+,20-12?. The Balaban J connectivity index is 1.61. The van der Waals surface area contributed by atoms with Gasteiger partial charge in [-0.1, -0.05) is 32.9 Å². The predicted octanol–water partition coefficient (Wildman–Crippen LogP) is 3.26. The Bertz CT molecular complexity index is 875. The van der Waals surface area contributed by atoms with E-state index < -0.39 is 0 Å². The molecule has 0 unspecified atom stereocenters. The molecule has 0 saturated heterocycles. The van der Waals surface area contributed by atoms with Crippen molar-refractivity contribution in [2.45, 2.75) is 33.1 Å². The second kappa shape index (κ2) is 7.03. The molecule has 1 aromatic carbocycles. The maximum atomic E-state index is 12.1. The van der Waals surface area contributed by atoms with Gasteiger partial charge in [-0.2, -0.15) is 10.2 Å². The van der Waals surface area contributed by atoms with Crippen molar-refractivity contribution in [1.29, 1.82) is 0 Å². The van der Waals surface area contributed by atoms with E-state index in [2.05, 4.69) is 20.7 Å². The smallest absolute Gasteiger partial charge is 0.291 e. The van der Waals surface area contributed by atoms with Gasteiger partial charge in [-0.25, -0.2) is 5.43 Å². The van der Waals surface area contributed by atoms with Crippen molar-refractivity contribution >= 4 is 17.7 Å². The third-order valence-electron chi connectivity index (χ3n) is 3.87. The monoisotopic (exact) mass is 354 g/mol. The zero-order valence-corrected chi connectivity index (χ0v) is 15.3. The van der Waals surface area contributed by atoms with Gasteiger partial charge in [0.2, 0.25) is 6.79 Å². The molecule has 136 valence electrons. The number of fused-ring (bicyclic) bond motifs is 1. The number of nitrogens with zero attached hydrogens (tertiary/aromatic N) is 2. The highest BCUT2D eigenvalue weighted by Crippen LogP contribution is 2.32. The van der Waals surface area contributed by atoms with Crippen LogP contribution in [0.3, 0.4) is 0 Å². The van der Waals surface area contributed by atoms with Gasteiger partial charge in [-0.05, 0) is 36.8 Å². The molecule has 1 aromatic heterocycles. The summed E-state index contributed by atoms with van der Waals surface area (Å²) < 4.78 is 10.6. The maximum Gasteiger partial charge on any atom is 0.291 e. The quantitative estimate of drug-likeness (QED) is 0.651. The zero-order valence-electron chi connectivity index (χ0n) is 15.3. The highest BCUT2D eigenvalue weighted by atomic mass is 16.7. The number of carbonyl (C=O) groups excluding carboxylic acids is 1. The van der Waals surface area contributed by atoms with Crippen LogP contribution in [-0.2, 0) is 5.41 Å². The van der Waals surface area contributed by atoms with Crippen molar-refractivity contribution in [3.8, 4) is 11.5 Å². The molecule has 0 aliphatic carbocycles. The molecule has 7 nitrogen and oxygen atoms in total. The second-order valence-electron chi connectivity index (χ2n) is 7.06. The molecule has 0 atom stereocenters. The van der Waals surface area contributed by atoms with Crippen LogP contribution in [0.1, 0.15) is 49.4 Å². The minimum Gasteiger partial charge on any atom is -0.454 e. The molecular weight excluding hydrogens is 332 g/mol. The summed E-state index contributed by atoms with van der Waals surface area (Å²) in [5.74, 6) is 1.12. The summed E-state index contributed by atoms with van der Waals surface area (Å²) in [6.45, 7) is 8.19. The molecular formula is C19H22N4O3. The van der Waals surface area contributed by atoms with E-state index in [1.807, 2.05) is 51.1 Å². The van der Waals surface area contributed by atoms with Crippen LogP contribution in [0.25, 0.3) is 6.08 Å². The maximum absolute atomic E-state index is 12.1. The van der Waals surface area contributed by atoms with Crippen molar-refractivity contribution in [3.05, 3.63) is 47.3 Å². The van der Waals surface area contributed by atoms with E-state index in [4.69, 9.17) is 9.47 Å². The average molecular weight is 354 g/mol. The number of nitrogens with one attached hydrogen (secondary N) is 2. The molecule has 1 amide bonds. The number of H-pyrrole nitrogens is 1. The van der Waals surface area contributed by atoms with Gasteiger partial charge in [0.15, 0.2) is 17.2 Å². The van der Waals surface area contributed by atoms with Gasteiger partial charge >= 0.3 is 0 Å². The Morgan fingerprint density at radius 3 is 2.77 bits per heavy atom. The lowest BCUT2D eigenvalue weighted by Gasteiger charge is -2.14. The minimum atomic E-state index is -0.354. The molecule has 2 heterocycles. The van der Waals surface area contributed by atoms with Crippen molar-refractivity contribution in [1.82, 2.24) is 15.6 Å². The van der Waals surface area contributed by atoms with Gasteiger partial charge in [0.25, 0.3) is 5.91 Å². The average Bonchev–Trinajstić information content (AvgIpc) is 3.25. The Morgan fingerprint density at radius 2 is 2.04 bits per heavy atom. The fourth-order valence-electron chi connectivity index (χ4n) is 2.29. The van der Waals surface area contributed by atoms with Crippen LogP contribution in [0.5, 0.6) is 11.5 Å². The normalized spacial score (nSPS) is 14.1. The molecule has 0 radical (unpaired) electrons. The van der Waals surface area contributed by atoms with Crippen molar-refractivity contribution in [3.63, 3.8) is 0 Å². The van der Waals surface area contributed by atoms with Crippen LogP contribution in [0.15, 0.2) is 35.4 Å². The molecule has 3 rings (SSSR count). The van der Waals surface area contributed by atoms with Crippen molar-refractivity contribution in [2.75, 3.05) is 6.79 Å². The summed E-state index contributed by atoms with van der Waals surface area (Å²) in [4.78, 5) is 12.1.